The van der Waals surface area contributed by atoms with Crippen molar-refractivity contribution in [1.29, 1.82) is 0 Å². The lowest BCUT2D eigenvalue weighted by atomic mass is 9.95. The molecule has 0 saturated carbocycles. The van der Waals surface area contributed by atoms with E-state index in [9.17, 15) is 14.7 Å². The van der Waals surface area contributed by atoms with Crippen LogP contribution in [-0.4, -0.2) is 42.0 Å². The lowest BCUT2D eigenvalue weighted by molar-refractivity contribution is -0.140. The summed E-state index contributed by atoms with van der Waals surface area (Å²) in [7, 11) is 1.58. The number of aryl methyl sites for hydroxylation is 1. The van der Waals surface area contributed by atoms with E-state index in [1.807, 2.05) is 25.1 Å². The highest BCUT2D eigenvalue weighted by molar-refractivity contribution is 6.46. The van der Waals surface area contributed by atoms with Crippen LogP contribution in [0.25, 0.3) is 5.76 Å². The molecule has 0 unspecified atom stereocenters. The topological polar surface area (TPSA) is 76.1 Å². The van der Waals surface area contributed by atoms with Gasteiger partial charge in [0.05, 0.1) is 11.6 Å². The van der Waals surface area contributed by atoms with Gasteiger partial charge in [-0.1, -0.05) is 53.6 Å². The Morgan fingerprint density at radius 2 is 1.75 bits per heavy atom. The van der Waals surface area contributed by atoms with Gasteiger partial charge in [-0.25, -0.2) is 0 Å². The van der Waals surface area contributed by atoms with Gasteiger partial charge in [0.25, 0.3) is 11.7 Å². The third-order valence-electron chi connectivity index (χ3n) is 6.09. The molecule has 36 heavy (non-hydrogen) atoms. The maximum absolute atomic E-state index is 13.1. The van der Waals surface area contributed by atoms with Crippen molar-refractivity contribution in [3.8, 4) is 5.75 Å². The number of halogens is 1. The summed E-state index contributed by atoms with van der Waals surface area (Å²) in [5, 5.41) is 11.7. The molecule has 0 aromatic heterocycles. The van der Waals surface area contributed by atoms with Gasteiger partial charge in [0.1, 0.15) is 18.1 Å². The van der Waals surface area contributed by atoms with E-state index in [-0.39, 0.29) is 11.3 Å². The molecule has 0 bridgehead atoms. The molecule has 0 spiro atoms. The Balaban J connectivity index is 1.62. The Morgan fingerprint density at radius 1 is 1.03 bits per heavy atom. The molecule has 1 amide bonds. The number of aliphatic hydroxyl groups is 1. The van der Waals surface area contributed by atoms with E-state index in [0.29, 0.717) is 48.1 Å². The Morgan fingerprint density at radius 3 is 2.42 bits per heavy atom. The van der Waals surface area contributed by atoms with Crippen LogP contribution in [0.1, 0.15) is 34.7 Å². The van der Waals surface area contributed by atoms with Gasteiger partial charge in [-0.2, -0.15) is 0 Å². The summed E-state index contributed by atoms with van der Waals surface area (Å²) in [6.45, 7) is 3.20. The molecular weight excluding hydrogens is 478 g/mol. The van der Waals surface area contributed by atoms with E-state index in [0.717, 1.165) is 11.1 Å². The lowest BCUT2D eigenvalue weighted by Crippen LogP contribution is -2.31. The summed E-state index contributed by atoms with van der Waals surface area (Å²) in [5.41, 5.74) is 3.37. The molecule has 4 rings (SSSR count). The third-order valence-corrected chi connectivity index (χ3v) is 6.34. The van der Waals surface area contributed by atoms with Crippen LogP contribution in [0.4, 0.5) is 0 Å². The van der Waals surface area contributed by atoms with Crippen molar-refractivity contribution in [2.45, 2.75) is 26.0 Å². The zero-order valence-corrected chi connectivity index (χ0v) is 21.0. The smallest absolute Gasteiger partial charge is 0.295 e. The zero-order valence-electron chi connectivity index (χ0n) is 20.2. The standard InChI is InChI=1S/C29H28ClNO5/c1-19-5-3-6-20(17-19)18-36-24-13-9-22(10-14-24)27(32)25-26(21-7-11-23(30)12-8-21)31(15-4-16-35-2)29(34)28(25)33/h3,5-14,17,26,32H,4,15-16,18H2,1-2H3/b27-25+/t26-/m1/s1. The normalized spacial score (nSPS) is 17.0. The largest absolute Gasteiger partial charge is 0.507 e. The first kappa shape index (κ1) is 25.5. The molecule has 3 aromatic rings. The molecule has 186 valence electrons. The van der Waals surface area contributed by atoms with E-state index in [4.69, 9.17) is 21.1 Å². The van der Waals surface area contributed by atoms with Crippen LogP contribution in [0, 0.1) is 6.92 Å². The lowest BCUT2D eigenvalue weighted by Gasteiger charge is -2.25. The average molecular weight is 506 g/mol. The van der Waals surface area contributed by atoms with Gasteiger partial charge in [-0.3, -0.25) is 9.59 Å². The van der Waals surface area contributed by atoms with Crippen LogP contribution in [0.5, 0.6) is 5.75 Å². The minimum Gasteiger partial charge on any atom is -0.507 e. The Bertz CT molecular complexity index is 1270. The quantitative estimate of drug-likeness (QED) is 0.175. The number of likely N-dealkylation sites (tertiary alicyclic amines) is 1. The second kappa shape index (κ2) is 11.4. The van der Waals surface area contributed by atoms with Gasteiger partial charge in [-0.05, 0) is 60.9 Å². The maximum Gasteiger partial charge on any atom is 0.295 e. The van der Waals surface area contributed by atoms with Gasteiger partial charge in [0.2, 0.25) is 0 Å². The van der Waals surface area contributed by atoms with Crippen molar-refractivity contribution in [3.05, 3.63) is 106 Å². The molecule has 1 heterocycles. The number of methoxy groups -OCH3 is 1. The molecule has 1 aliphatic rings. The van der Waals surface area contributed by atoms with E-state index in [1.165, 1.54) is 4.90 Å². The number of hydrogen-bond acceptors (Lipinski definition) is 5. The molecule has 1 N–H and O–H groups in total. The van der Waals surface area contributed by atoms with Crippen LogP contribution in [0.2, 0.25) is 5.02 Å². The maximum atomic E-state index is 13.1. The molecule has 0 radical (unpaired) electrons. The Kier molecular flexibility index (Phi) is 8.08. The average Bonchev–Trinajstić information content (AvgIpc) is 3.13. The Labute approximate surface area is 215 Å². The van der Waals surface area contributed by atoms with Crippen LogP contribution < -0.4 is 4.74 Å². The molecule has 1 fully saturated rings. The molecule has 7 heteroatoms. The second-order valence-corrected chi connectivity index (χ2v) is 9.13. The van der Waals surface area contributed by atoms with Gasteiger partial charge < -0.3 is 19.5 Å². The number of hydrogen-bond donors (Lipinski definition) is 1. The number of aliphatic hydroxyl groups excluding tert-OH is 1. The molecule has 1 aliphatic heterocycles. The Hall–Kier alpha value is -3.61. The summed E-state index contributed by atoms with van der Waals surface area (Å²) >= 11 is 6.06. The number of ketones is 1. The molecule has 1 saturated heterocycles. The van der Waals surface area contributed by atoms with Crippen LogP contribution in [0.15, 0.2) is 78.4 Å². The first-order valence-electron chi connectivity index (χ1n) is 11.7. The molecule has 6 nitrogen and oxygen atoms in total. The molecular formula is C29H28ClNO5. The number of Topliss-reactive ketones (excluding diaryl/α,β-unsaturated/α-hetero) is 1. The summed E-state index contributed by atoms with van der Waals surface area (Å²) in [4.78, 5) is 27.5. The molecule has 1 atom stereocenters. The predicted molar refractivity (Wildman–Crippen MR) is 139 cm³/mol. The summed E-state index contributed by atoms with van der Waals surface area (Å²) < 4.78 is 11.0. The number of carbonyl (C=O) groups excluding carboxylic acids is 2. The van der Waals surface area contributed by atoms with Crippen molar-refractivity contribution in [1.82, 2.24) is 4.90 Å². The SMILES string of the molecule is COCCCN1C(=O)C(=O)/C(=C(/O)c2ccc(OCc3cccc(C)c3)cc2)[C@H]1c1ccc(Cl)cc1. The fourth-order valence-corrected chi connectivity index (χ4v) is 4.44. The molecule has 3 aromatic carbocycles. The van der Waals surface area contributed by atoms with Crippen molar-refractivity contribution in [2.24, 2.45) is 0 Å². The van der Waals surface area contributed by atoms with Gasteiger partial charge >= 0.3 is 0 Å². The van der Waals surface area contributed by atoms with Crippen LogP contribution >= 0.6 is 11.6 Å². The first-order chi connectivity index (χ1) is 17.4. The molecule has 0 aliphatic carbocycles. The highest BCUT2D eigenvalue weighted by atomic mass is 35.5. The number of rotatable bonds is 9. The number of nitrogens with zero attached hydrogens (tertiary/aromatic N) is 1. The minimum atomic E-state index is -0.726. The monoisotopic (exact) mass is 505 g/mol. The first-order valence-corrected chi connectivity index (χ1v) is 12.1. The zero-order chi connectivity index (χ0) is 25.7. The van der Waals surface area contributed by atoms with Gasteiger partial charge in [-0.15, -0.1) is 0 Å². The minimum absolute atomic E-state index is 0.0492. The third kappa shape index (κ3) is 5.61. The second-order valence-electron chi connectivity index (χ2n) is 8.69. The highest BCUT2D eigenvalue weighted by Gasteiger charge is 2.45. The fourth-order valence-electron chi connectivity index (χ4n) is 4.31. The summed E-state index contributed by atoms with van der Waals surface area (Å²) in [6.07, 6.45) is 0.556. The van der Waals surface area contributed by atoms with Crippen molar-refractivity contribution < 1.29 is 24.2 Å². The van der Waals surface area contributed by atoms with E-state index >= 15 is 0 Å². The van der Waals surface area contributed by atoms with Crippen LogP contribution in [0.3, 0.4) is 0 Å². The van der Waals surface area contributed by atoms with E-state index in [1.54, 1.807) is 55.6 Å². The van der Waals surface area contributed by atoms with Gasteiger partial charge in [0, 0.05) is 30.8 Å². The van der Waals surface area contributed by atoms with Crippen LogP contribution in [-0.2, 0) is 20.9 Å². The van der Waals surface area contributed by atoms with E-state index in [2.05, 4.69) is 6.07 Å². The van der Waals surface area contributed by atoms with E-state index < -0.39 is 17.7 Å². The predicted octanol–water partition coefficient (Wildman–Crippen LogP) is 5.69. The number of ether oxygens (including phenoxy) is 2. The highest BCUT2D eigenvalue weighted by Crippen LogP contribution is 2.40. The van der Waals surface area contributed by atoms with Crippen molar-refractivity contribution in [3.63, 3.8) is 0 Å². The number of benzene rings is 3. The summed E-state index contributed by atoms with van der Waals surface area (Å²) in [5.74, 6) is -0.967. The summed E-state index contributed by atoms with van der Waals surface area (Å²) in [6, 6.07) is 21.1. The van der Waals surface area contributed by atoms with Crippen molar-refractivity contribution in [2.75, 3.05) is 20.3 Å². The van der Waals surface area contributed by atoms with Crippen molar-refractivity contribution >= 4 is 29.1 Å². The number of carbonyl (C=O) groups is 2. The number of amides is 1. The fraction of sp³-hybridized carbons (Fsp3) is 0.241. The van der Waals surface area contributed by atoms with Gasteiger partial charge in [0.15, 0.2) is 0 Å².